The van der Waals surface area contributed by atoms with Gasteiger partial charge in [-0.05, 0) is 42.3 Å². The number of hydrogen-bond acceptors (Lipinski definition) is 4. The van der Waals surface area contributed by atoms with Crippen LogP contribution in [0.4, 0.5) is 4.39 Å². The van der Waals surface area contributed by atoms with Gasteiger partial charge in [-0.1, -0.05) is 18.2 Å². The van der Waals surface area contributed by atoms with Crippen LogP contribution in [0.25, 0.3) is 0 Å². The lowest BCUT2D eigenvalue weighted by Crippen LogP contribution is -2.38. The molecule has 0 atom stereocenters. The molecule has 3 rings (SSSR count). The number of morpholine rings is 1. The zero-order valence-corrected chi connectivity index (χ0v) is 15.5. The van der Waals surface area contributed by atoms with Crippen molar-refractivity contribution in [3.05, 3.63) is 65.0 Å². The number of halogens is 1. The second-order valence-corrected chi connectivity index (χ2v) is 6.59. The average Bonchev–Trinajstić information content (AvgIpc) is 2.69. The SMILES string of the molecule is Cc1ccc(F)cc1C(=O)NCc1cccc(OCCN2CCOCC2)c1. The fourth-order valence-corrected chi connectivity index (χ4v) is 2.98. The van der Waals surface area contributed by atoms with E-state index in [-0.39, 0.29) is 5.91 Å². The number of carbonyl (C=O) groups is 1. The molecule has 6 heteroatoms. The Hall–Kier alpha value is -2.44. The number of rotatable bonds is 7. The summed E-state index contributed by atoms with van der Waals surface area (Å²) in [6, 6.07) is 11.9. The summed E-state index contributed by atoms with van der Waals surface area (Å²) in [6.07, 6.45) is 0. The van der Waals surface area contributed by atoms with Crippen LogP contribution in [0, 0.1) is 12.7 Å². The molecule has 27 heavy (non-hydrogen) atoms. The number of aryl methyl sites for hydroxylation is 1. The Bertz CT molecular complexity index is 776. The Morgan fingerprint density at radius 3 is 2.85 bits per heavy atom. The molecule has 2 aromatic carbocycles. The van der Waals surface area contributed by atoms with Crippen LogP contribution < -0.4 is 10.1 Å². The van der Waals surface area contributed by atoms with Gasteiger partial charge in [0, 0.05) is 31.7 Å². The number of benzene rings is 2. The quantitative estimate of drug-likeness (QED) is 0.812. The molecule has 0 bridgehead atoms. The van der Waals surface area contributed by atoms with Gasteiger partial charge >= 0.3 is 0 Å². The summed E-state index contributed by atoms with van der Waals surface area (Å²) in [5, 5.41) is 2.84. The van der Waals surface area contributed by atoms with Crippen LogP contribution in [0.1, 0.15) is 21.5 Å². The number of hydrogen-bond donors (Lipinski definition) is 1. The van der Waals surface area contributed by atoms with Crippen molar-refractivity contribution in [3.8, 4) is 5.75 Å². The summed E-state index contributed by atoms with van der Waals surface area (Å²) in [5.74, 6) is 0.0731. The fourth-order valence-electron chi connectivity index (χ4n) is 2.98. The second-order valence-electron chi connectivity index (χ2n) is 6.59. The minimum atomic E-state index is -0.415. The summed E-state index contributed by atoms with van der Waals surface area (Å²) in [4.78, 5) is 14.6. The highest BCUT2D eigenvalue weighted by molar-refractivity contribution is 5.95. The summed E-state index contributed by atoms with van der Waals surface area (Å²) >= 11 is 0. The Morgan fingerprint density at radius 2 is 2.04 bits per heavy atom. The zero-order chi connectivity index (χ0) is 19.1. The number of carbonyl (C=O) groups excluding carboxylic acids is 1. The Labute approximate surface area is 159 Å². The highest BCUT2D eigenvalue weighted by Crippen LogP contribution is 2.14. The average molecular weight is 372 g/mol. The van der Waals surface area contributed by atoms with Crippen molar-refractivity contribution in [1.29, 1.82) is 0 Å². The van der Waals surface area contributed by atoms with Crippen molar-refractivity contribution in [3.63, 3.8) is 0 Å². The van der Waals surface area contributed by atoms with E-state index in [0.717, 1.165) is 49.7 Å². The molecule has 0 saturated carbocycles. The van der Waals surface area contributed by atoms with E-state index in [9.17, 15) is 9.18 Å². The number of nitrogens with one attached hydrogen (secondary N) is 1. The van der Waals surface area contributed by atoms with Gasteiger partial charge in [0.2, 0.25) is 0 Å². The van der Waals surface area contributed by atoms with Crippen LogP contribution >= 0.6 is 0 Å². The van der Waals surface area contributed by atoms with Crippen molar-refractivity contribution >= 4 is 5.91 Å². The highest BCUT2D eigenvalue weighted by Gasteiger charge is 2.11. The van der Waals surface area contributed by atoms with Gasteiger partial charge in [0.25, 0.3) is 5.91 Å². The van der Waals surface area contributed by atoms with Gasteiger partial charge in [-0.15, -0.1) is 0 Å². The maximum atomic E-state index is 13.4. The molecule has 1 fully saturated rings. The summed E-state index contributed by atoms with van der Waals surface area (Å²) < 4.78 is 24.5. The first kappa shape index (κ1) is 19.3. The number of nitrogens with zero attached hydrogens (tertiary/aromatic N) is 1. The minimum Gasteiger partial charge on any atom is -0.492 e. The molecule has 5 nitrogen and oxygen atoms in total. The first-order valence-corrected chi connectivity index (χ1v) is 9.18. The van der Waals surface area contributed by atoms with Crippen LogP contribution in [0.3, 0.4) is 0 Å². The van der Waals surface area contributed by atoms with Gasteiger partial charge in [0.05, 0.1) is 13.2 Å². The van der Waals surface area contributed by atoms with Gasteiger partial charge in [0.15, 0.2) is 0 Å². The monoisotopic (exact) mass is 372 g/mol. The lowest BCUT2D eigenvalue weighted by atomic mass is 10.1. The summed E-state index contributed by atoms with van der Waals surface area (Å²) in [5.41, 5.74) is 2.03. The predicted molar refractivity (Wildman–Crippen MR) is 102 cm³/mol. The third-order valence-corrected chi connectivity index (χ3v) is 4.58. The summed E-state index contributed by atoms with van der Waals surface area (Å²) in [7, 11) is 0. The molecule has 1 amide bonds. The van der Waals surface area contributed by atoms with Crippen molar-refractivity contribution in [2.75, 3.05) is 39.5 Å². The van der Waals surface area contributed by atoms with Crippen LogP contribution in [-0.2, 0) is 11.3 Å². The number of amides is 1. The van der Waals surface area contributed by atoms with Crippen molar-refractivity contribution in [2.24, 2.45) is 0 Å². The standard InChI is InChI=1S/C21H25FN2O3/c1-16-5-6-18(22)14-20(16)21(25)23-15-17-3-2-4-19(13-17)27-12-9-24-7-10-26-11-8-24/h2-6,13-14H,7-12,15H2,1H3,(H,23,25). The molecule has 1 aliphatic rings. The Morgan fingerprint density at radius 1 is 1.22 bits per heavy atom. The fraction of sp³-hybridized carbons (Fsp3) is 0.381. The Balaban J connectivity index is 1.49. The van der Waals surface area contributed by atoms with Gasteiger partial charge in [-0.2, -0.15) is 0 Å². The largest absolute Gasteiger partial charge is 0.492 e. The minimum absolute atomic E-state index is 0.286. The smallest absolute Gasteiger partial charge is 0.251 e. The van der Waals surface area contributed by atoms with Crippen molar-refractivity contribution in [2.45, 2.75) is 13.5 Å². The molecule has 1 N–H and O–H groups in total. The van der Waals surface area contributed by atoms with Crippen molar-refractivity contribution < 1.29 is 18.7 Å². The Kier molecular flexibility index (Phi) is 6.79. The molecule has 1 saturated heterocycles. The van der Waals surface area contributed by atoms with E-state index in [4.69, 9.17) is 9.47 Å². The second kappa shape index (κ2) is 9.48. The molecular formula is C21H25FN2O3. The normalized spacial score (nSPS) is 14.7. The lowest BCUT2D eigenvalue weighted by Gasteiger charge is -2.26. The maximum absolute atomic E-state index is 13.4. The van der Waals surface area contributed by atoms with Crippen LogP contribution in [-0.4, -0.2) is 50.3 Å². The van der Waals surface area contributed by atoms with E-state index in [1.54, 1.807) is 13.0 Å². The third kappa shape index (κ3) is 5.77. The molecule has 1 heterocycles. The molecule has 0 unspecified atom stereocenters. The molecule has 0 aliphatic carbocycles. The van der Waals surface area contributed by atoms with Gasteiger partial charge in [-0.25, -0.2) is 4.39 Å². The maximum Gasteiger partial charge on any atom is 0.251 e. The molecule has 1 aliphatic heterocycles. The van der Waals surface area contributed by atoms with E-state index < -0.39 is 5.82 Å². The van der Waals surface area contributed by atoms with E-state index in [0.29, 0.717) is 18.7 Å². The highest BCUT2D eigenvalue weighted by atomic mass is 19.1. The molecule has 0 spiro atoms. The zero-order valence-electron chi connectivity index (χ0n) is 15.5. The third-order valence-electron chi connectivity index (χ3n) is 4.58. The van der Waals surface area contributed by atoms with Crippen LogP contribution in [0.15, 0.2) is 42.5 Å². The van der Waals surface area contributed by atoms with E-state index in [1.165, 1.54) is 12.1 Å². The van der Waals surface area contributed by atoms with Crippen LogP contribution in [0.2, 0.25) is 0 Å². The van der Waals surface area contributed by atoms with Gasteiger partial charge < -0.3 is 14.8 Å². The predicted octanol–water partition coefficient (Wildman–Crippen LogP) is 2.78. The van der Waals surface area contributed by atoms with E-state index in [1.807, 2.05) is 24.3 Å². The molecule has 0 aromatic heterocycles. The number of ether oxygens (including phenoxy) is 2. The van der Waals surface area contributed by atoms with Gasteiger partial charge in [-0.3, -0.25) is 9.69 Å². The van der Waals surface area contributed by atoms with E-state index >= 15 is 0 Å². The summed E-state index contributed by atoms with van der Waals surface area (Å²) in [6.45, 7) is 7.05. The van der Waals surface area contributed by atoms with Crippen LogP contribution in [0.5, 0.6) is 5.75 Å². The molecule has 0 radical (unpaired) electrons. The van der Waals surface area contributed by atoms with Crippen molar-refractivity contribution in [1.82, 2.24) is 10.2 Å². The van der Waals surface area contributed by atoms with E-state index in [2.05, 4.69) is 10.2 Å². The lowest BCUT2D eigenvalue weighted by molar-refractivity contribution is 0.0322. The first-order chi connectivity index (χ1) is 13.1. The van der Waals surface area contributed by atoms with Gasteiger partial charge in [0.1, 0.15) is 18.2 Å². The molecule has 144 valence electrons. The molecular weight excluding hydrogens is 347 g/mol. The first-order valence-electron chi connectivity index (χ1n) is 9.18. The topological polar surface area (TPSA) is 50.8 Å². The molecule has 2 aromatic rings.